The summed E-state index contributed by atoms with van der Waals surface area (Å²) in [5.41, 5.74) is 1.22. The van der Waals surface area contributed by atoms with Crippen molar-refractivity contribution < 1.29 is 0 Å². The molecule has 2 aromatic rings. The van der Waals surface area contributed by atoms with Gasteiger partial charge in [-0.05, 0) is 32.1 Å². The fraction of sp³-hybridized carbons (Fsp3) is 0.615. The second kappa shape index (κ2) is 4.42. The minimum absolute atomic E-state index is 0.585. The zero-order valence-electron chi connectivity index (χ0n) is 10.4. The second-order valence-corrected chi connectivity index (χ2v) is 6.11. The summed E-state index contributed by atoms with van der Waals surface area (Å²) in [6, 6.07) is 1.38. The van der Waals surface area contributed by atoms with Crippen LogP contribution in [0, 0.1) is 5.92 Å². The summed E-state index contributed by atoms with van der Waals surface area (Å²) in [5, 5.41) is 5.75. The molecule has 0 aliphatic heterocycles. The third-order valence-corrected chi connectivity index (χ3v) is 4.37. The van der Waals surface area contributed by atoms with Gasteiger partial charge in [0.1, 0.15) is 0 Å². The largest absolute Gasteiger partial charge is 0.311 e. The zero-order valence-corrected chi connectivity index (χ0v) is 11.2. The molecule has 4 heteroatoms. The third-order valence-electron chi connectivity index (χ3n) is 3.60. The highest BCUT2D eigenvalue weighted by Crippen LogP contribution is 2.22. The van der Waals surface area contributed by atoms with E-state index in [1.54, 1.807) is 11.3 Å². The zero-order chi connectivity index (χ0) is 11.8. The first-order chi connectivity index (χ1) is 8.22. The van der Waals surface area contributed by atoms with E-state index in [-0.39, 0.29) is 0 Å². The minimum atomic E-state index is 0.585. The Balaban J connectivity index is 1.62. The van der Waals surface area contributed by atoms with Gasteiger partial charge >= 0.3 is 0 Å². The highest BCUT2D eigenvalue weighted by atomic mass is 32.1. The van der Waals surface area contributed by atoms with Crippen LogP contribution >= 0.6 is 11.3 Å². The fourth-order valence-electron chi connectivity index (χ4n) is 2.17. The molecule has 0 bridgehead atoms. The van der Waals surface area contributed by atoms with Crippen molar-refractivity contribution in [2.75, 3.05) is 0 Å². The molecular formula is C13H19N3S. The van der Waals surface area contributed by atoms with Crippen LogP contribution in [-0.2, 0) is 6.42 Å². The lowest BCUT2D eigenvalue weighted by Gasteiger charge is -2.20. The first kappa shape index (κ1) is 11.2. The lowest BCUT2D eigenvalue weighted by Crippen LogP contribution is -2.34. The van der Waals surface area contributed by atoms with Crippen LogP contribution in [0.25, 0.3) is 4.96 Å². The SMILES string of the molecule is CC(Cc1cn2ccsc2n1)C(C)NC1CC1. The standard InChI is InChI=1S/C13H19N3S/c1-9(10(2)14-11-3-4-11)7-12-8-16-5-6-17-13(16)15-12/h5-6,8-11,14H,3-4,7H2,1-2H3. The van der Waals surface area contributed by atoms with Gasteiger partial charge in [-0.15, -0.1) is 11.3 Å². The third kappa shape index (κ3) is 2.53. The molecule has 1 saturated carbocycles. The number of hydrogen-bond acceptors (Lipinski definition) is 3. The van der Waals surface area contributed by atoms with Crippen LogP contribution < -0.4 is 5.32 Å². The van der Waals surface area contributed by atoms with Crippen molar-refractivity contribution in [2.45, 2.75) is 45.2 Å². The number of thiazole rings is 1. The van der Waals surface area contributed by atoms with Crippen LogP contribution in [0.3, 0.4) is 0 Å². The summed E-state index contributed by atoms with van der Waals surface area (Å²) < 4.78 is 2.12. The highest BCUT2D eigenvalue weighted by Gasteiger charge is 2.25. The van der Waals surface area contributed by atoms with Gasteiger partial charge in [0.25, 0.3) is 0 Å². The van der Waals surface area contributed by atoms with Crippen LogP contribution in [0.5, 0.6) is 0 Å². The van der Waals surface area contributed by atoms with Crippen LogP contribution in [0.1, 0.15) is 32.4 Å². The van der Waals surface area contributed by atoms with Gasteiger partial charge in [0.2, 0.25) is 0 Å². The number of nitrogens with zero attached hydrogens (tertiary/aromatic N) is 2. The van der Waals surface area contributed by atoms with Gasteiger partial charge in [-0.1, -0.05) is 6.92 Å². The van der Waals surface area contributed by atoms with Crippen molar-refractivity contribution in [1.29, 1.82) is 0 Å². The Morgan fingerprint density at radius 1 is 1.53 bits per heavy atom. The lowest BCUT2D eigenvalue weighted by atomic mass is 9.98. The molecule has 0 aromatic carbocycles. The van der Waals surface area contributed by atoms with Gasteiger partial charge in [-0.25, -0.2) is 4.98 Å². The monoisotopic (exact) mass is 249 g/mol. The van der Waals surface area contributed by atoms with E-state index in [4.69, 9.17) is 0 Å². The fourth-order valence-corrected chi connectivity index (χ4v) is 2.89. The molecule has 1 fully saturated rings. The quantitative estimate of drug-likeness (QED) is 0.883. The normalized spacial score (nSPS) is 19.6. The average molecular weight is 249 g/mol. The van der Waals surface area contributed by atoms with Gasteiger partial charge in [0, 0.05) is 29.9 Å². The summed E-state index contributed by atoms with van der Waals surface area (Å²) in [7, 11) is 0. The number of rotatable bonds is 5. The Hall–Kier alpha value is -0.870. The molecule has 0 radical (unpaired) electrons. The van der Waals surface area contributed by atoms with E-state index in [0.29, 0.717) is 12.0 Å². The van der Waals surface area contributed by atoms with Gasteiger partial charge in [0.15, 0.2) is 4.96 Å². The molecule has 17 heavy (non-hydrogen) atoms. The average Bonchev–Trinajstić information content (AvgIpc) is 2.85. The summed E-state index contributed by atoms with van der Waals surface area (Å²) in [6.07, 6.45) is 8.02. The van der Waals surface area contributed by atoms with Gasteiger partial charge in [-0.2, -0.15) is 0 Å². The Kier molecular flexibility index (Phi) is 2.92. The highest BCUT2D eigenvalue weighted by molar-refractivity contribution is 7.15. The number of fused-ring (bicyclic) bond motifs is 1. The van der Waals surface area contributed by atoms with E-state index in [1.807, 2.05) is 0 Å². The van der Waals surface area contributed by atoms with Crippen LogP contribution in [0.4, 0.5) is 0 Å². The van der Waals surface area contributed by atoms with E-state index in [1.165, 1.54) is 18.5 Å². The maximum Gasteiger partial charge on any atom is 0.193 e. The molecule has 3 rings (SSSR count). The van der Waals surface area contributed by atoms with E-state index in [9.17, 15) is 0 Å². The predicted octanol–water partition coefficient (Wildman–Crippen LogP) is 2.71. The molecule has 2 atom stereocenters. The molecule has 1 aliphatic rings. The van der Waals surface area contributed by atoms with E-state index in [2.05, 4.69) is 46.3 Å². The lowest BCUT2D eigenvalue weighted by molar-refractivity contribution is 0.393. The van der Waals surface area contributed by atoms with Gasteiger partial charge in [-0.3, -0.25) is 4.40 Å². The number of imidazole rings is 1. The minimum Gasteiger partial charge on any atom is -0.311 e. The topological polar surface area (TPSA) is 29.3 Å². The van der Waals surface area contributed by atoms with Crippen molar-refractivity contribution >= 4 is 16.3 Å². The summed E-state index contributed by atoms with van der Waals surface area (Å²) in [6.45, 7) is 4.61. The predicted molar refractivity (Wildman–Crippen MR) is 71.6 cm³/mol. The van der Waals surface area contributed by atoms with Gasteiger partial charge in [0.05, 0.1) is 5.69 Å². The molecule has 0 spiro atoms. The Morgan fingerprint density at radius 3 is 3.06 bits per heavy atom. The Morgan fingerprint density at radius 2 is 2.35 bits per heavy atom. The smallest absolute Gasteiger partial charge is 0.193 e. The van der Waals surface area contributed by atoms with E-state index >= 15 is 0 Å². The molecule has 1 aliphatic carbocycles. The number of aromatic nitrogens is 2. The molecule has 1 N–H and O–H groups in total. The number of nitrogens with one attached hydrogen (secondary N) is 1. The van der Waals surface area contributed by atoms with E-state index < -0.39 is 0 Å². The van der Waals surface area contributed by atoms with Crippen molar-refractivity contribution in [3.63, 3.8) is 0 Å². The van der Waals surface area contributed by atoms with Gasteiger partial charge < -0.3 is 5.32 Å². The van der Waals surface area contributed by atoms with Crippen molar-refractivity contribution in [2.24, 2.45) is 5.92 Å². The second-order valence-electron chi connectivity index (χ2n) is 5.24. The Bertz CT molecular complexity index is 469. The summed E-state index contributed by atoms with van der Waals surface area (Å²) >= 11 is 1.70. The molecule has 0 saturated heterocycles. The maximum absolute atomic E-state index is 4.64. The summed E-state index contributed by atoms with van der Waals surface area (Å²) in [5.74, 6) is 0.639. The van der Waals surface area contributed by atoms with E-state index in [0.717, 1.165) is 17.4 Å². The van der Waals surface area contributed by atoms with Crippen LogP contribution in [0.15, 0.2) is 17.8 Å². The van der Waals surface area contributed by atoms with Crippen LogP contribution in [-0.4, -0.2) is 21.5 Å². The molecule has 92 valence electrons. The molecule has 3 nitrogen and oxygen atoms in total. The molecular weight excluding hydrogens is 230 g/mol. The first-order valence-corrected chi connectivity index (χ1v) is 7.27. The van der Waals surface area contributed by atoms with Crippen LogP contribution in [0.2, 0.25) is 0 Å². The molecule has 2 aromatic heterocycles. The Labute approximate surface area is 106 Å². The molecule has 2 unspecified atom stereocenters. The first-order valence-electron chi connectivity index (χ1n) is 6.39. The molecule has 2 heterocycles. The van der Waals surface area contributed by atoms with Crippen molar-refractivity contribution in [3.05, 3.63) is 23.5 Å². The maximum atomic E-state index is 4.64. The van der Waals surface area contributed by atoms with Crippen molar-refractivity contribution in [3.8, 4) is 0 Å². The number of hydrogen-bond donors (Lipinski definition) is 1. The van der Waals surface area contributed by atoms with Crippen molar-refractivity contribution in [1.82, 2.24) is 14.7 Å². The summed E-state index contributed by atoms with van der Waals surface area (Å²) in [4.78, 5) is 5.75. The molecule has 0 amide bonds.